The molecule has 0 amide bonds. The average Bonchev–Trinajstić information content (AvgIpc) is 3.02. The number of aromatic nitrogens is 1. The molecule has 0 unspecified atom stereocenters. The van der Waals surface area contributed by atoms with E-state index >= 15 is 0 Å². The molecule has 1 aromatic rings. The van der Waals surface area contributed by atoms with Crippen molar-refractivity contribution in [1.29, 1.82) is 0 Å². The lowest BCUT2D eigenvalue weighted by Gasteiger charge is -2.14. The quantitative estimate of drug-likeness (QED) is 0.760. The number of rotatable bonds is 4. The molecule has 3 nitrogen and oxygen atoms in total. The molecule has 0 aliphatic heterocycles. The van der Waals surface area contributed by atoms with Gasteiger partial charge in [0.2, 0.25) is 5.88 Å². The third-order valence-corrected chi connectivity index (χ3v) is 2.52. The van der Waals surface area contributed by atoms with Crippen molar-refractivity contribution >= 4 is 0 Å². The van der Waals surface area contributed by atoms with Crippen LogP contribution in [0.4, 0.5) is 0 Å². The maximum absolute atomic E-state index is 5.80. The summed E-state index contributed by atoms with van der Waals surface area (Å²) >= 11 is 0. The van der Waals surface area contributed by atoms with E-state index in [0.29, 0.717) is 17.9 Å². The van der Waals surface area contributed by atoms with Crippen LogP contribution in [0.1, 0.15) is 38.2 Å². The summed E-state index contributed by atoms with van der Waals surface area (Å²) in [5.41, 5.74) is 1.17. The van der Waals surface area contributed by atoms with Gasteiger partial charge in [-0.3, -0.25) is 0 Å². The van der Waals surface area contributed by atoms with Crippen LogP contribution in [0.3, 0.4) is 0 Å². The number of methoxy groups -OCH3 is 1. The zero-order valence-electron chi connectivity index (χ0n) is 9.49. The SMILES string of the molecule is COc1cc(C(C)C)c(OC2CC2)cn1. The second-order valence-electron chi connectivity index (χ2n) is 4.24. The monoisotopic (exact) mass is 207 g/mol. The fraction of sp³-hybridized carbons (Fsp3) is 0.583. The van der Waals surface area contributed by atoms with E-state index in [2.05, 4.69) is 18.8 Å². The summed E-state index contributed by atoms with van der Waals surface area (Å²) < 4.78 is 10.9. The summed E-state index contributed by atoms with van der Waals surface area (Å²) in [6.45, 7) is 4.29. The molecule has 1 fully saturated rings. The molecule has 15 heavy (non-hydrogen) atoms. The summed E-state index contributed by atoms with van der Waals surface area (Å²) in [5.74, 6) is 1.99. The molecule has 0 bridgehead atoms. The van der Waals surface area contributed by atoms with Crippen LogP contribution in [0.15, 0.2) is 12.3 Å². The second kappa shape index (κ2) is 4.09. The van der Waals surface area contributed by atoms with Gasteiger partial charge in [-0.2, -0.15) is 0 Å². The molecule has 1 aliphatic rings. The molecule has 0 aromatic carbocycles. The third-order valence-electron chi connectivity index (χ3n) is 2.52. The van der Waals surface area contributed by atoms with Crippen molar-refractivity contribution in [3.8, 4) is 11.6 Å². The van der Waals surface area contributed by atoms with Gasteiger partial charge >= 0.3 is 0 Å². The van der Waals surface area contributed by atoms with Crippen LogP contribution in [-0.4, -0.2) is 18.2 Å². The van der Waals surface area contributed by atoms with Crippen molar-refractivity contribution in [3.05, 3.63) is 17.8 Å². The predicted molar refractivity (Wildman–Crippen MR) is 58.5 cm³/mol. The van der Waals surface area contributed by atoms with Crippen LogP contribution in [0.2, 0.25) is 0 Å². The Labute approximate surface area is 90.4 Å². The van der Waals surface area contributed by atoms with Crippen molar-refractivity contribution in [2.24, 2.45) is 0 Å². The van der Waals surface area contributed by atoms with Gasteiger partial charge in [-0.15, -0.1) is 0 Å². The molecule has 82 valence electrons. The third kappa shape index (κ3) is 2.41. The Hall–Kier alpha value is -1.25. The summed E-state index contributed by atoms with van der Waals surface area (Å²) in [7, 11) is 1.63. The van der Waals surface area contributed by atoms with Gasteiger partial charge in [-0.25, -0.2) is 4.98 Å². The number of ether oxygens (including phenoxy) is 2. The van der Waals surface area contributed by atoms with E-state index in [4.69, 9.17) is 9.47 Å². The lowest BCUT2D eigenvalue weighted by atomic mass is 10.0. The van der Waals surface area contributed by atoms with E-state index in [9.17, 15) is 0 Å². The minimum absolute atomic E-state index is 0.415. The van der Waals surface area contributed by atoms with E-state index in [1.807, 2.05) is 6.07 Å². The Kier molecular flexibility index (Phi) is 2.80. The Balaban J connectivity index is 2.25. The van der Waals surface area contributed by atoms with Crippen molar-refractivity contribution in [2.75, 3.05) is 7.11 Å². The molecule has 0 atom stereocenters. The Morgan fingerprint density at radius 3 is 2.67 bits per heavy atom. The van der Waals surface area contributed by atoms with Gasteiger partial charge in [-0.05, 0) is 18.8 Å². The van der Waals surface area contributed by atoms with Gasteiger partial charge in [-0.1, -0.05) is 13.8 Å². The van der Waals surface area contributed by atoms with Gasteiger partial charge in [0.05, 0.1) is 19.4 Å². The first-order valence-corrected chi connectivity index (χ1v) is 5.41. The van der Waals surface area contributed by atoms with E-state index in [-0.39, 0.29) is 0 Å². The first-order valence-electron chi connectivity index (χ1n) is 5.41. The number of pyridine rings is 1. The van der Waals surface area contributed by atoms with Crippen molar-refractivity contribution in [3.63, 3.8) is 0 Å². The lowest BCUT2D eigenvalue weighted by molar-refractivity contribution is 0.295. The van der Waals surface area contributed by atoms with Crippen LogP contribution in [0.5, 0.6) is 11.6 Å². The van der Waals surface area contributed by atoms with E-state index in [1.54, 1.807) is 13.3 Å². The predicted octanol–water partition coefficient (Wildman–Crippen LogP) is 2.75. The molecule has 2 rings (SSSR count). The standard InChI is InChI=1S/C12H17NO2/c1-8(2)10-6-12(14-3)13-7-11(10)15-9-4-5-9/h6-9H,4-5H2,1-3H3. The Bertz CT molecular complexity index is 345. The topological polar surface area (TPSA) is 31.4 Å². The van der Waals surface area contributed by atoms with Gasteiger partial charge in [0, 0.05) is 11.6 Å². The normalized spacial score (nSPS) is 15.5. The van der Waals surface area contributed by atoms with Gasteiger partial charge in [0.15, 0.2) is 0 Å². The minimum Gasteiger partial charge on any atom is -0.489 e. The van der Waals surface area contributed by atoms with E-state index in [1.165, 1.54) is 18.4 Å². The first kappa shape index (κ1) is 10.3. The van der Waals surface area contributed by atoms with Crippen LogP contribution in [0.25, 0.3) is 0 Å². The van der Waals surface area contributed by atoms with Gasteiger partial charge < -0.3 is 9.47 Å². The molecule has 1 saturated carbocycles. The number of hydrogen-bond donors (Lipinski definition) is 0. The van der Waals surface area contributed by atoms with Crippen molar-refractivity contribution < 1.29 is 9.47 Å². The second-order valence-corrected chi connectivity index (χ2v) is 4.24. The van der Waals surface area contributed by atoms with Crippen molar-refractivity contribution in [2.45, 2.75) is 38.7 Å². The lowest BCUT2D eigenvalue weighted by Crippen LogP contribution is -2.02. The molecule has 0 spiro atoms. The highest BCUT2D eigenvalue weighted by Gasteiger charge is 2.25. The molecular weight excluding hydrogens is 190 g/mol. The summed E-state index contributed by atoms with van der Waals surface area (Å²) in [5, 5.41) is 0. The molecule has 0 saturated heterocycles. The van der Waals surface area contributed by atoms with Crippen LogP contribution in [-0.2, 0) is 0 Å². The Morgan fingerprint density at radius 2 is 2.13 bits per heavy atom. The van der Waals surface area contributed by atoms with E-state index < -0.39 is 0 Å². The van der Waals surface area contributed by atoms with Crippen LogP contribution < -0.4 is 9.47 Å². The van der Waals surface area contributed by atoms with Crippen LogP contribution in [0, 0.1) is 0 Å². The minimum atomic E-state index is 0.415. The molecule has 3 heteroatoms. The van der Waals surface area contributed by atoms with E-state index in [0.717, 1.165) is 5.75 Å². The van der Waals surface area contributed by atoms with Gasteiger partial charge in [0.25, 0.3) is 0 Å². The highest BCUT2D eigenvalue weighted by Crippen LogP contribution is 2.33. The average molecular weight is 207 g/mol. The molecule has 1 aliphatic carbocycles. The molecule has 0 N–H and O–H groups in total. The van der Waals surface area contributed by atoms with Crippen LogP contribution >= 0.6 is 0 Å². The highest BCUT2D eigenvalue weighted by molar-refractivity contribution is 5.37. The zero-order valence-corrected chi connectivity index (χ0v) is 9.49. The summed E-state index contributed by atoms with van der Waals surface area (Å²) in [6, 6.07) is 1.96. The van der Waals surface area contributed by atoms with Gasteiger partial charge in [0.1, 0.15) is 5.75 Å². The molecule has 0 radical (unpaired) electrons. The molecule has 1 heterocycles. The maximum atomic E-state index is 5.80. The smallest absolute Gasteiger partial charge is 0.213 e. The Morgan fingerprint density at radius 1 is 1.40 bits per heavy atom. The number of hydrogen-bond acceptors (Lipinski definition) is 3. The maximum Gasteiger partial charge on any atom is 0.213 e. The molecule has 1 aromatic heterocycles. The van der Waals surface area contributed by atoms with Crippen molar-refractivity contribution in [1.82, 2.24) is 4.98 Å². The number of nitrogens with zero attached hydrogens (tertiary/aromatic N) is 1. The molecular formula is C12H17NO2. The summed E-state index contributed by atoms with van der Waals surface area (Å²) in [6.07, 6.45) is 4.53. The highest BCUT2D eigenvalue weighted by atomic mass is 16.5. The largest absolute Gasteiger partial charge is 0.489 e. The fourth-order valence-corrected chi connectivity index (χ4v) is 1.46. The fourth-order valence-electron chi connectivity index (χ4n) is 1.46. The first-order chi connectivity index (χ1) is 7.20. The zero-order chi connectivity index (χ0) is 10.8. The summed E-state index contributed by atoms with van der Waals surface area (Å²) in [4.78, 5) is 4.17.